The van der Waals surface area contributed by atoms with Crippen LogP contribution in [0.2, 0.25) is 0 Å². The second kappa shape index (κ2) is 6.60. The van der Waals surface area contributed by atoms with Crippen molar-refractivity contribution in [2.75, 3.05) is 17.2 Å². The molecule has 0 amide bonds. The maximum absolute atomic E-state index is 11.0. The standard InChI is InChI=1S/C13H16N6O2/c1-3-14-12-5-4-11(19(20)21)13(18-12)16-8-10-6-7-15-9(2)17-10/h4-7H,3,8H2,1-2H3,(H2,14,16,18). The van der Waals surface area contributed by atoms with Gasteiger partial charge in [0.05, 0.1) is 17.2 Å². The number of pyridine rings is 1. The molecule has 2 rings (SSSR count). The average Bonchev–Trinajstić information content (AvgIpc) is 2.45. The van der Waals surface area contributed by atoms with E-state index < -0.39 is 4.92 Å². The van der Waals surface area contributed by atoms with Crippen molar-refractivity contribution in [1.82, 2.24) is 15.0 Å². The first-order valence-electron chi connectivity index (χ1n) is 6.52. The lowest BCUT2D eigenvalue weighted by atomic mass is 10.3. The van der Waals surface area contributed by atoms with E-state index in [0.29, 0.717) is 24.7 Å². The molecule has 0 saturated carbocycles. The molecule has 8 nitrogen and oxygen atoms in total. The Labute approximate surface area is 121 Å². The van der Waals surface area contributed by atoms with Crippen LogP contribution in [0.1, 0.15) is 18.4 Å². The molecule has 0 saturated heterocycles. The number of nitrogens with one attached hydrogen (secondary N) is 2. The van der Waals surface area contributed by atoms with Crippen molar-refractivity contribution in [3.63, 3.8) is 0 Å². The fourth-order valence-electron chi connectivity index (χ4n) is 1.79. The molecule has 2 aromatic heterocycles. The molecule has 0 spiro atoms. The van der Waals surface area contributed by atoms with Crippen LogP contribution in [0.5, 0.6) is 0 Å². The zero-order chi connectivity index (χ0) is 15.2. The highest BCUT2D eigenvalue weighted by atomic mass is 16.6. The van der Waals surface area contributed by atoms with E-state index in [9.17, 15) is 10.1 Å². The topological polar surface area (TPSA) is 106 Å². The fourth-order valence-corrected chi connectivity index (χ4v) is 1.79. The van der Waals surface area contributed by atoms with E-state index in [1.807, 2.05) is 6.92 Å². The fraction of sp³-hybridized carbons (Fsp3) is 0.308. The van der Waals surface area contributed by atoms with E-state index in [4.69, 9.17) is 0 Å². The number of aromatic nitrogens is 3. The van der Waals surface area contributed by atoms with Crippen LogP contribution in [-0.2, 0) is 6.54 Å². The highest BCUT2D eigenvalue weighted by molar-refractivity contribution is 5.60. The molecule has 0 unspecified atom stereocenters. The van der Waals surface area contributed by atoms with E-state index in [-0.39, 0.29) is 11.5 Å². The van der Waals surface area contributed by atoms with Crippen molar-refractivity contribution in [1.29, 1.82) is 0 Å². The van der Waals surface area contributed by atoms with Crippen molar-refractivity contribution < 1.29 is 4.92 Å². The third-order valence-corrected chi connectivity index (χ3v) is 2.70. The van der Waals surface area contributed by atoms with Crippen LogP contribution in [0, 0.1) is 17.0 Å². The van der Waals surface area contributed by atoms with Gasteiger partial charge in [0.25, 0.3) is 0 Å². The van der Waals surface area contributed by atoms with Crippen molar-refractivity contribution >= 4 is 17.3 Å². The summed E-state index contributed by atoms with van der Waals surface area (Å²) in [6.07, 6.45) is 1.65. The summed E-state index contributed by atoms with van der Waals surface area (Å²) in [5.41, 5.74) is 0.676. The second-order valence-corrected chi connectivity index (χ2v) is 4.30. The van der Waals surface area contributed by atoms with Crippen molar-refractivity contribution in [2.24, 2.45) is 0 Å². The van der Waals surface area contributed by atoms with Gasteiger partial charge in [-0.05, 0) is 26.0 Å². The summed E-state index contributed by atoms with van der Waals surface area (Å²) in [6.45, 7) is 4.75. The molecule has 8 heteroatoms. The first-order valence-corrected chi connectivity index (χ1v) is 6.52. The average molecular weight is 288 g/mol. The Morgan fingerprint density at radius 1 is 1.24 bits per heavy atom. The van der Waals surface area contributed by atoms with Gasteiger partial charge in [0.2, 0.25) is 5.82 Å². The van der Waals surface area contributed by atoms with Crippen LogP contribution in [0.4, 0.5) is 17.3 Å². The van der Waals surface area contributed by atoms with Crippen LogP contribution in [0.15, 0.2) is 24.4 Å². The summed E-state index contributed by atoms with van der Waals surface area (Å²) >= 11 is 0. The number of hydrogen-bond acceptors (Lipinski definition) is 7. The smallest absolute Gasteiger partial charge is 0.311 e. The SMILES string of the molecule is CCNc1ccc([N+](=O)[O-])c(NCc2ccnc(C)n2)n1. The maximum Gasteiger partial charge on any atom is 0.311 e. The molecule has 0 aromatic carbocycles. The molecule has 0 fully saturated rings. The van der Waals surface area contributed by atoms with Gasteiger partial charge in [-0.2, -0.15) is 0 Å². The van der Waals surface area contributed by atoms with Crippen LogP contribution in [0.3, 0.4) is 0 Å². The molecule has 110 valence electrons. The predicted octanol–water partition coefficient (Wildman–Crippen LogP) is 2.13. The van der Waals surface area contributed by atoms with Crippen molar-refractivity contribution in [3.8, 4) is 0 Å². The monoisotopic (exact) mass is 288 g/mol. The predicted molar refractivity (Wildman–Crippen MR) is 79.2 cm³/mol. The normalized spacial score (nSPS) is 10.2. The number of hydrogen-bond donors (Lipinski definition) is 2. The number of nitro groups is 1. The largest absolute Gasteiger partial charge is 0.370 e. The van der Waals surface area contributed by atoms with Gasteiger partial charge >= 0.3 is 5.69 Å². The Bertz CT molecular complexity index is 646. The molecule has 0 radical (unpaired) electrons. The Morgan fingerprint density at radius 3 is 2.71 bits per heavy atom. The summed E-state index contributed by atoms with van der Waals surface area (Å²) in [6, 6.07) is 4.76. The second-order valence-electron chi connectivity index (χ2n) is 4.30. The van der Waals surface area contributed by atoms with Gasteiger partial charge in [0.15, 0.2) is 0 Å². The molecule has 0 atom stereocenters. The number of aryl methyl sites for hydroxylation is 1. The molecule has 0 aliphatic carbocycles. The zero-order valence-corrected chi connectivity index (χ0v) is 11.8. The molecular formula is C13H16N6O2. The third kappa shape index (κ3) is 3.85. The van der Waals surface area contributed by atoms with Gasteiger partial charge in [-0.3, -0.25) is 10.1 Å². The van der Waals surface area contributed by atoms with E-state index in [2.05, 4.69) is 25.6 Å². The van der Waals surface area contributed by atoms with Crippen LogP contribution in [0.25, 0.3) is 0 Å². The highest BCUT2D eigenvalue weighted by Crippen LogP contribution is 2.24. The summed E-state index contributed by atoms with van der Waals surface area (Å²) < 4.78 is 0. The summed E-state index contributed by atoms with van der Waals surface area (Å²) in [5.74, 6) is 1.46. The number of anilines is 2. The van der Waals surface area contributed by atoms with Crippen LogP contribution >= 0.6 is 0 Å². The van der Waals surface area contributed by atoms with Crippen molar-refractivity contribution in [3.05, 3.63) is 46.0 Å². The lowest BCUT2D eigenvalue weighted by Gasteiger charge is -2.08. The molecule has 2 N–H and O–H groups in total. The molecular weight excluding hydrogens is 272 g/mol. The molecule has 0 aliphatic rings. The van der Waals surface area contributed by atoms with Gasteiger partial charge < -0.3 is 10.6 Å². The van der Waals surface area contributed by atoms with Gasteiger partial charge in [-0.1, -0.05) is 0 Å². The van der Waals surface area contributed by atoms with E-state index in [1.54, 1.807) is 25.3 Å². The summed E-state index contributed by atoms with van der Waals surface area (Å²) in [4.78, 5) is 23.0. The van der Waals surface area contributed by atoms with E-state index in [0.717, 1.165) is 5.69 Å². The van der Waals surface area contributed by atoms with E-state index in [1.165, 1.54) is 6.07 Å². The Morgan fingerprint density at radius 2 is 2.05 bits per heavy atom. The number of nitrogens with zero attached hydrogens (tertiary/aromatic N) is 4. The molecule has 0 aliphatic heterocycles. The van der Waals surface area contributed by atoms with E-state index >= 15 is 0 Å². The third-order valence-electron chi connectivity index (χ3n) is 2.70. The minimum atomic E-state index is -0.462. The lowest BCUT2D eigenvalue weighted by Crippen LogP contribution is -2.08. The minimum absolute atomic E-state index is 0.0672. The number of rotatable bonds is 6. The lowest BCUT2D eigenvalue weighted by molar-refractivity contribution is -0.384. The quantitative estimate of drug-likeness (QED) is 0.619. The molecule has 21 heavy (non-hydrogen) atoms. The Hall–Kier alpha value is -2.77. The summed E-state index contributed by atoms with van der Waals surface area (Å²) in [7, 11) is 0. The first-order chi connectivity index (χ1) is 10.1. The van der Waals surface area contributed by atoms with Crippen LogP contribution in [-0.4, -0.2) is 26.4 Å². The highest BCUT2D eigenvalue weighted by Gasteiger charge is 2.15. The molecule has 2 aromatic rings. The van der Waals surface area contributed by atoms with Crippen LogP contribution < -0.4 is 10.6 Å². The Balaban J connectivity index is 2.20. The molecule has 2 heterocycles. The maximum atomic E-state index is 11.0. The van der Waals surface area contributed by atoms with Gasteiger partial charge in [-0.15, -0.1) is 0 Å². The van der Waals surface area contributed by atoms with Gasteiger partial charge in [0.1, 0.15) is 11.6 Å². The Kier molecular flexibility index (Phi) is 4.60. The first kappa shape index (κ1) is 14.6. The van der Waals surface area contributed by atoms with Crippen molar-refractivity contribution in [2.45, 2.75) is 20.4 Å². The minimum Gasteiger partial charge on any atom is -0.370 e. The van der Waals surface area contributed by atoms with Gasteiger partial charge in [0, 0.05) is 18.8 Å². The van der Waals surface area contributed by atoms with Gasteiger partial charge in [-0.25, -0.2) is 15.0 Å². The summed E-state index contributed by atoms with van der Waals surface area (Å²) in [5, 5.41) is 17.0. The zero-order valence-electron chi connectivity index (χ0n) is 11.8. The molecule has 0 bridgehead atoms.